The second-order valence-electron chi connectivity index (χ2n) is 5.11. The van der Waals surface area contributed by atoms with E-state index < -0.39 is 5.66 Å². The Morgan fingerprint density at radius 1 is 1.30 bits per heavy atom. The molecule has 0 amide bonds. The molecular weight excluding hydrogens is 252 g/mol. The first-order valence-electron chi connectivity index (χ1n) is 6.59. The predicted octanol–water partition coefficient (Wildman–Crippen LogP) is 3.31. The molecule has 0 atom stereocenters. The summed E-state index contributed by atoms with van der Waals surface area (Å²) in [5.74, 6) is 0.766. The van der Waals surface area contributed by atoms with Crippen molar-refractivity contribution in [2.24, 2.45) is 0 Å². The fraction of sp³-hybridized carbons (Fsp3) is 0.400. The number of oxazole rings is 1. The maximum Gasteiger partial charge on any atom is 0.299 e. The molecule has 0 aliphatic rings. The van der Waals surface area contributed by atoms with Crippen molar-refractivity contribution in [2.45, 2.75) is 38.8 Å². The number of pyridine rings is 1. The van der Waals surface area contributed by atoms with Gasteiger partial charge in [-0.05, 0) is 25.0 Å². The van der Waals surface area contributed by atoms with Gasteiger partial charge in [0.05, 0.1) is 18.1 Å². The number of aryl methyl sites for hydroxylation is 2. The van der Waals surface area contributed by atoms with Gasteiger partial charge in [0, 0.05) is 26.0 Å². The van der Waals surface area contributed by atoms with Crippen molar-refractivity contribution in [1.29, 1.82) is 0 Å². The van der Waals surface area contributed by atoms with Crippen LogP contribution in [0.4, 0.5) is 5.69 Å². The fourth-order valence-corrected chi connectivity index (χ4v) is 1.82. The van der Waals surface area contributed by atoms with Gasteiger partial charge in [-0.15, -0.1) is 0 Å². The Labute approximate surface area is 118 Å². The van der Waals surface area contributed by atoms with E-state index in [1.807, 2.05) is 26.0 Å². The Kier molecular flexibility index (Phi) is 4.36. The van der Waals surface area contributed by atoms with Gasteiger partial charge >= 0.3 is 0 Å². The van der Waals surface area contributed by atoms with Crippen LogP contribution in [0.25, 0.3) is 4.85 Å². The first-order chi connectivity index (χ1) is 9.59. The molecular formula is C15H18N4O. The Morgan fingerprint density at radius 3 is 2.75 bits per heavy atom. The first-order valence-corrected chi connectivity index (χ1v) is 6.59. The molecule has 2 rings (SSSR count). The summed E-state index contributed by atoms with van der Waals surface area (Å²) in [5, 5.41) is 3.13. The molecule has 2 heterocycles. The van der Waals surface area contributed by atoms with Crippen LogP contribution in [0.15, 0.2) is 35.2 Å². The lowest BCUT2D eigenvalue weighted by Crippen LogP contribution is -2.26. The van der Waals surface area contributed by atoms with Crippen molar-refractivity contribution in [1.82, 2.24) is 9.97 Å². The van der Waals surface area contributed by atoms with Gasteiger partial charge in [0.2, 0.25) is 0 Å². The van der Waals surface area contributed by atoms with Crippen LogP contribution in [0.2, 0.25) is 0 Å². The minimum atomic E-state index is -0.603. The molecule has 0 aliphatic carbocycles. The summed E-state index contributed by atoms with van der Waals surface area (Å²) in [5.41, 5.74) is 1.29. The molecule has 0 saturated carbocycles. The molecule has 0 unspecified atom stereocenters. The first kappa shape index (κ1) is 14.1. The van der Waals surface area contributed by atoms with Crippen molar-refractivity contribution in [3.05, 3.63) is 53.8 Å². The number of anilines is 1. The summed E-state index contributed by atoms with van der Waals surface area (Å²) in [6, 6.07) is 3.94. The molecule has 0 spiro atoms. The lowest BCUT2D eigenvalue weighted by molar-refractivity contribution is 0.486. The number of nitrogens with zero attached hydrogens (tertiary/aromatic N) is 3. The number of hydrogen-bond donors (Lipinski definition) is 1. The zero-order valence-corrected chi connectivity index (χ0v) is 11.8. The highest BCUT2D eigenvalue weighted by Crippen LogP contribution is 2.16. The average Bonchev–Trinajstić information content (AvgIpc) is 2.94. The normalized spacial score (nSPS) is 11.1. The molecule has 5 heteroatoms. The van der Waals surface area contributed by atoms with E-state index in [1.165, 1.54) is 0 Å². The summed E-state index contributed by atoms with van der Waals surface area (Å²) < 4.78 is 5.19. The highest BCUT2D eigenvalue weighted by atomic mass is 16.3. The molecule has 5 nitrogen and oxygen atoms in total. The maximum absolute atomic E-state index is 7.08. The van der Waals surface area contributed by atoms with Gasteiger partial charge in [0.25, 0.3) is 5.66 Å². The number of nitrogens with one attached hydrogen (secondary N) is 1. The Balaban J connectivity index is 1.84. The van der Waals surface area contributed by atoms with Crippen molar-refractivity contribution in [2.75, 3.05) is 5.32 Å². The molecule has 0 radical (unpaired) electrons. The fourth-order valence-electron chi connectivity index (χ4n) is 1.82. The lowest BCUT2D eigenvalue weighted by atomic mass is 10.1. The van der Waals surface area contributed by atoms with Gasteiger partial charge in [-0.25, -0.2) is 11.6 Å². The summed E-state index contributed by atoms with van der Waals surface area (Å²) in [4.78, 5) is 12.0. The summed E-state index contributed by atoms with van der Waals surface area (Å²) in [6.07, 6.45) is 7.68. The molecule has 104 valence electrons. The van der Waals surface area contributed by atoms with Crippen LogP contribution < -0.4 is 5.32 Å². The Hall–Kier alpha value is -2.35. The summed E-state index contributed by atoms with van der Waals surface area (Å²) in [6.45, 7) is 10.8. The third-order valence-corrected chi connectivity index (χ3v) is 2.86. The van der Waals surface area contributed by atoms with Gasteiger partial charge < -0.3 is 9.73 Å². The Bertz CT molecular complexity index is 567. The van der Waals surface area contributed by atoms with E-state index >= 15 is 0 Å². The van der Waals surface area contributed by atoms with E-state index in [2.05, 4.69) is 20.1 Å². The van der Waals surface area contributed by atoms with Crippen molar-refractivity contribution in [3.8, 4) is 0 Å². The molecule has 0 fully saturated rings. The maximum atomic E-state index is 7.08. The van der Waals surface area contributed by atoms with E-state index in [0.717, 1.165) is 36.5 Å². The topological polar surface area (TPSA) is 55.3 Å². The van der Waals surface area contributed by atoms with Crippen LogP contribution in [0, 0.1) is 6.57 Å². The molecule has 0 saturated heterocycles. The molecule has 0 bridgehead atoms. The quantitative estimate of drug-likeness (QED) is 0.818. The highest BCUT2D eigenvalue weighted by molar-refractivity contribution is 5.44. The summed E-state index contributed by atoms with van der Waals surface area (Å²) >= 11 is 0. The molecule has 2 aromatic rings. The predicted molar refractivity (Wildman–Crippen MR) is 77.1 cm³/mol. The standard InChI is InChI=1S/C15H18N4O/c1-15(2,16-3)19-13-8-7-12(18-11-13)5-4-6-14-17-9-10-20-14/h7-11,19H,4-6H2,1-2H3. The van der Waals surface area contributed by atoms with Gasteiger partial charge in [-0.3, -0.25) is 9.83 Å². The minimum absolute atomic E-state index is 0.603. The van der Waals surface area contributed by atoms with Crippen LogP contribution in [0.3, 0.4) is 0 Å². The molecule has 20 heavy (non-hydrogen) atoms. The van der Waals surface area contributed by atoms with Crippen LogP contribution in [0.1, 0.15) is 31.9 Å². The van der Waals surface area contributed by atoms with Crippen molar-refractivity contribution < 1.29 is 4.42 Å². The van der Waals surface area contributed by atoms with Gasteiger partial charge in [-0.1, -0.05) is 0 Å². The van der Waals surface area contributed by atoms with E-state index in [0.29, 0.717) is 0 Å². The third-order valence-electron chi connectivity index (χ3n) is 2.86. The van der Waals surface area contributed by atoms with E-state index in [9.17, 15) is 0 Å². The van der Waals surface area contributed by atoms with E-state index in [1.54, 1.807) is 18.7 Å². The molecule has 0 aliphatic heterocycles. The largest absolute Gasteiger partial charge is 0.449 e. The van der Waals surface area contributed by atoms with Crippen LogP contribution >= 0.6 is 0 Å². The number of rotatable bonds is 6. The lowest BCUT2D eigenvalue weighted by Gasteiger charge is -2.14. The SMILES string of the molecule is [C-]#[N+]C(C)(C)Nc1ccc(CCCc2ncco2)nc1. The van der Waals surface area contributed by atoms with Crippen LogP contribution in [-0.4, -0.2) is 15.6 Å². The van der Waals surface area contributed by atoms with Crippen molar-refractivity contribution >= 4 is 5.69 Å². The highest BCUT2D eigenvalue weighted by Gasteiger charge is 2.21. The monoisotopic (exact) mass is 270 g/mol. The van der Waals surface area contributed by atoms with Crippen LogP contribution in [-0.2, 0) is 12.8 Å². The minimum Gasteiger partial charge on any atom is -0.449 e. The molecule has 0 aromatic carbocycles. The third kappa shape index (κ3) is 4.09. The molecule has 2 aromatic heterocycles. The smallest absolute Gasteiger partial charge is 0.299 e. The zero-order valence-electron chi connectivity index (χ0n) is 11.8. The molecule has 1 N–H and O–H groups in total. The van der Waals surface area contributed by atoms with Crippen LogP contribution in [0.5, 0.6) is 0 Å². The Morgan fingerprint density at radius 2 is 2.15 bits per heavy atom. The van der Waals surface area contributed by atoms with E-state index in [4.69, 9.17) is 11.0 Å². The van der Waals surface area contributed by atoms with Gasteiger partial charge in [-0.2, -0.15) is 0 Å². The number of hydrogen-bond acceptors (Lipinski definition) is 4. The average molecular weight is 270 g/mol. The number of aromatic nitrogens is 2. The summed E-state index contributed by atoms with van der Waals surface area (Å²) in [7, 11) is 0. The zero-order chi connectivity index (χ0) is 14.4. The second-order valence-corrected chi connectivity index (χ2v) is 5.11. The van der Waals surface area contributed by atoms with Gasteiger partial charge in [0.15, 0.2) is 5.89 Å². The van der Waals surface area contributed by atoms with Gasteiger partial charge in [0.1, 0.15) is 6.26 Å². The van der Waals surface area contributed by atoms with E-state index in [-0.39, 0.29) is 0 Å². The van der Waals surface area contributed by atoms with Crippen molar-refractivity contribution in [3.63, 3.8) is 0 Å². The second kappa shape index (κ2) is 6.20.